The summed E-state index contributed by atoms with van der Waals surface area (Å²) in [4.78, 5) is 28.7. The molecule has 2 aromatic rings. The fourth-order valence-electron chi connectivity index (χ4n) is 3.63. The highest BCUT2D eigenvalue weighted by atomic mass is 79.9. The molecule has 0 aromatic carbocycles. The van der Waals surface area contributed by atoms with E-state index in [0.717, 1.165) is 19.4 Å². The molecule has 0 bridgehead atoms. The van der Waals surface area contributed by atoms with Crippen LogP contribution in [0.1, 0.15) is 33.8 Å². The lowest BCUT2D eigenvalue weighted by molar-refractivity contribution is 0.0732. The smallest absolute Gasteiger partial charge is 0.289 e. The number of halogens is 1. The van der Waals surface area contributed by atoms with Gasteiger partial charge in [-0.25, -0.2) is 4.37 Å². The summed E-state index contributed by atoms with van der Waals surface area (Å²) in [6.45, 7) is 2.82. The van der Waals surface area contributed by atoms with E-state index in [2.05, 4.69) is 20.3 Å². The number of nitrogens with zero attached hydrogens (tertiary/aromatic N) is 3. The first-order chi connectivity index (χ1) is 11.6. The largest absolute Gasteiger partial charge is 0.444 e. The van der Waals surface area contributed by atoms with Crippen molar-refractivity contribution in [1.29, 1.82) is 0 Å². The first-order valence-corrected chi connectivity index (χ1v) is 9.43. The molecule has 1 spiro atoms. The molecular weight excluding hydrogens is 394 g/mol. The Kier molecular flexibility index (Phi) is 3.96. The van der Waals surface area contributed by atoms with E-state index in [-0.39, 0.29) is 17.2 Å². The fourth-order valence-corrected chi connectivity index (χ4v) is 4.45. The molecule has 0 aliphatic carbocycles. The highest BCUT2D eigenvalue weighted by molar-refractivity contribution is 9.10. The molecule has 4 heterocycles. The summed E-state index contributed by atoms with van der Waals surface area (Å²) < 4.78 is 9.93. The SMILES string of the molecule is O=C(c1cnsc1)N1CCC2(CCN(C(=O)c3ccc(Br)o3)C2)C1. The molecule has 8 heteroatoms. The molecule has 1 atom stereocenters. The van der Waals surface area contributed by atoms with Crippen LogP contribution in [0.15, 0.2) is 32.8 Å². The summed E-state index contributed by atoms with van der Waals surface area (Å²) in [6.07, 6.45) is 3.48. The van der Waals surface area contributed by atoms with E-state index in [1.54, 1.807) is 23.7 Å². The van der Waals surface area contributed by atoms with Crippen LogP contribution in [0.4, 0.5) is 0 Å². The van der Waals surface area contributed by atoms with E-state index in [1.807, 2.05) is 9.80 Å². The maximum atomic E-state index is 12.5. The molecule has 0 N–H and O–H groups in total. The Morgan fingerprint density at radius 3 is 2.46 bits per heavy atom. The standard InChI is InChI=1S/C16H16BrN3O3S/c17-13-2-1-12(23-13)15(22)20-6-4-16(10-20)3-5-19(9-16)14(21)11-7-18-24-8-11/h1-2,7-8H,3-6,9-10H2. The Bertz CT molecular complexity index is 775. The van der Waals surface area contributed by atoms with E-state index in [4.69, 9.17) is 4.42 Å². The van der Waals surface area contributed by atoms with Crippen molar-refractivity contribution in [3.63, 3.8) is 0 Å². The van der Waals surface area contributed by atoms with Gasteiger partial charge in [0.15, 0.2) is 10.4 Å². The highest BCUT2D eigenvalue weighted by Crippen LogP contribution is 2.40. The molecule has 0 saturated carbocycles. The predicted octanol–water partition coefficient (Wildman–Crippen LogP) is 2.88. The third-order valence-corrected chi connectivity index (χ3v) is 5.93. The molecule has 2 saturated heterocycles. The predicted molar refractivity (Wildman–Crippen MR) is 92.0 cm³/mol. The summed E-state index contributed by atoms with van der Waals surface area (Å²) in [7, 11) is 0. The first-order valence-electron chi connectivity index (χ1n) is 7.80. The number of hydrogen-bond donors (Lipinski definition) is 0. The summed E-state index contributed by atoms with van der Waals surface area (Å²) in [5.74, 6) is 0.318. The normalized spacial score (nSPS) is 23.4. The van der Waals surface area contributed by atoms with Gasteiger partial charge in [-0.05, 0) is 52.4 Å². The topological polar surface area (TPSA) is 66.7 Å². The van der Waals surface area contributed by atoms with Crippen LogP contribution in [0, 0.1) is 5.41 Å². The Balaban J connectivity index is 1.43. The number of amides is 2. The maximum absolute atomic E-state index is 12.5. The molecule has 2 amide bonds. The van der Waals surface area contributed by atoms with Crippen molar-refractivity contribution in [3.05, 3.63) is 39.7 Å². The summed E-state index contributed by atoms with van der Waals surface area (Å²) in [5.41, 5.74) is 0.668. The third-order valence-electron chi connectivity index (χ3n) is 4.91. The summed E-state index contributed by atoms with van der Waals surface area (Å²) in [6, 6.07) is 3.41. The van der Waals surface area contributed by atoms with Crippen LogP contribution in [-0.4, -0.2) is 52.2 Å². The lowest BCUT2D eigenvalue weighted by Gasteiger charge is -2.24. The van der Waals surface area contributed by atoms with E-state index in [0.29, 0.717) is 35.6 Å². The molecule has 2 fully saturated rings. The fraction of sp³-hybridized carbons (Fsp3) is 0.438. The number of carbonyl (C=O) groups is 2. The van der Waals surface area contributed by atoms with Gasteiger partial charge >= 0.3 is 0 Å². The Morgan fingerprint density at radius 2 is 1.88 bits per heavy atom. The van der Waals surface area contributed by atoms with Gasteiger partial charge in [0.05, 0.1) is 11.8 Å². The average molecular weight is 410 g/mol. The Labute approximate surface area is 151 Å². The van der Waals surface area contributed by atoms with Crippen LogP contribution in [0.25, 0.3) is 0 Å². The van der Waals surface area contributed by atoms with Gasteiger partial charge in [0, 0.05) is 37.0 Å². The van der Waals surface area contributed by atoms with Crippen molar-refractivity contribution in [1.82, 2.24) is 14.2 Å². The van der Waals surface area contributed by atoms with Crippen molar-refractivity contribution in [2.24, 2.45) is 5.41 Å². The van der Waals surface area contributed by atoms with Gasteiger partial charge in [-0.15, -0.1) is 0 Å². The number of aromatic nitrogens is 1. The second-order valence-electron chi connectivity index (χ2n) is 6.47. The lowest BCUT2D eigenvalue weighted by atomic mass is 9.86. The van der Waals surface area contributed by atoms with E-state index in [9.17, 15) is 9.59 Å². The van der Waals surface area contributed by atoms with Crippen molar-refractivity contribution in [2.45, 2.75) is 12.8 Å². The molecule has 2 aliphatic heterocycles. The van der Waals surface area contributed by atoms with E-state index >= 15 is 0 Å². The minimum atomic E-state index is -0.0793. The average Bonchev–Trinajstić information content (AvgIpc) is 3.35. The second-order valence-corrected chi connectivity index (χ2v) is 7.91. The van der Waals surface area contributed by atoms with Crippen molar-refractivity contribution < 1.29 is 14.0 Å². The monoisotopic (exact) mass is 409 g/mol. The summed E-state index contributed by atoms with van der Waals surface area (Å²) >= 11 is 4.52. The zero-order valence-electron chi connectivity index (χ0n) is 12.9. The number of likely N-dealkylation sites (tertiary alicyclic amines) is 2. The summed E-state index contributed by atoms with van der Waals surface area (Å²) in [5, 5.41) is 1.78. The highest BCUT2D eigenvalue weighted by Gasteiger charge is 2.46. The molecule has 126 valence electrons. The van der Waals surface area contributed by atoms with Gasteiger partial charge in [-0.1, -0.05) is 0 Å². The van der Waals surface area contributed by atoms with Crippen molar-refractivity contribution >= 4 is 39.3 Å². The van der Waals surface area contributed by atoms with Gasteiger partial charge in [-0.2, -0.15) is 0 Å². The molecule has 2 aliphatic rings. The van der Waals surface area contributed by atoms with Crippen LogP contribution >= 0.6 is 27.5 Å². The molecule has 2 aromatic heterocycles. The van der Waals surface area contributed by atoms with E-state index in [1.165, 1.54) is 11.5 Å². The number of hydrogen-bond acceptors (Lipinski definition) is 5. The lowest BCUT2D eigenvalue weighted by Crippen LogP contribution is -2.35. The van der Waals surface area contributed by atoms with E-state index < -0.39 is 0 Å². The van der Waals surface area contributed by atoms with Crippen LogP contribution in [-0.2, 0) is 0 Å². The molecule has 4 rings (SSSR count). The minimum absolute atomic E-state index is 0.0125. The molecule has 24 heavy (non-hydrogen) atoms. The maximum Gasteiger partial charge on any atom is 0.289 e. The first kappa shape index (κ1) is 15.8. The van der Waals surface area contributed by atoms with Crippen LogP contribution < -0.4 is 0 Å². The zero-order chi connectivity index (χ0) is 16.7. The molecular formula is C16H16BrN3O3S. The molecule has 1 unspecified atom stereocenters. The Hall–Kier alpha value is -1.67. The van der Waals surface area contributed by atoms with Gasteiger partial charge in [0.2, 0.25) is 0 Å². The molecule has 6 nitrogen and oxygen atoms in total. The second kappa shape index (κ2) is 6.00. The third kappa shape index (κ3) is 2.77. The number of carbonyl (C=O) groups excluding carboxylic acids is 2. The van der Waals surface area contributed by atoms with Crippen LogP contribution in [0.3, 0.4) is 0 Å². The minimum Gasteiger partial charge on any atom is -0.444 e. The molecule has 0 radical (unpaired) electrons. The number of furan rings is 1. The van der Waals surface area contributed by atoms with Gasteiger partial charge in [-0.3, -0.25) is 9.59 Å². The Morgan fingerprint density at radius 1 is 1.17 bits per heavy atom. The van der Waals surface area contributed by atoms with Crippen molar-refractivity contribution in [3.8, 4) is 0 Å². The van der Waals surface area contributed by atoms with Gasteiger partial charge in [0.1, 0.15) is 0 Å². The zero-order valence-corrected chi connectivity index (χ0v) is 15.3. The van der Waals surface area contributed by atoms with Crippen LogP contribution in [0.5, 0.6) is 0 Å². The van der Waals surface area contributed by atoms with Crippen molar-refractivity contribution in [2.75, 3.05) is 26.2 Å². The quantitative estimate of drug-likeness (QED) is 0.764. The van der Waals surface area contributed by atoms with Crippen LogP contribution in [0.2, 0.25) is 0 Å². The van der Waals surface area contributed by atoms with Gasteiger partial charge < -0.3 is 14.2 Å². The van der Waals surface area contributed by atoms with Gasteiger partial charge in [0.25, 0.3) is 11.8 Å². The number of rotatable bonds is 2.